The zero-order chi connectivity index (χ0) is 10.6. The topological polar surface area (TPSA) is 67.2 Å². The molecule has 1 heterocycles. The first kappa shape index (κ1) is 10.7. The predicted octanol–water partition coefficient (Wildman–Crippen LogP) is 0.364. The number of hydrogen-bond donors (Lipinski definition) is 2. The maximum atomic E-state index is 10.9. The summed E-state index contributed by atoms with van der Waals surface area (Å²) in [5.74, 6) is -0.483. The molecule has 0 radical (unpaired) electrons. The lowest BCUT2D eigenvalue weighted by molar-refractivity contribution is -0.760. The molecular formula is C10H15N2O2+. The summed E-state index contributed by atoms with van der Waals surface area (Å²) in [4.78, 5) is 10.9. The van der Waals surface area contributed by atoms with Crippen LogP contribution in [-0.4, -0.2) is 11.0 Å². The van der Waals surface area contributed by atoms with E-state index in [2.05, 4.69) is 0 Å². The van der Waals surface area contributed by atoms with E-state index >= 15 is 0 Å². The molecule has 4 nitrogen and oxygen atoms in total. The molecule has 0 fully saturated rings. The van der Waals surface area contributed by atoms with E-state index in [4.69, 9.17) is 5.73 Å². The summed E-state index contributed by atoms with van der Waals surface area (Å²) in [6.07, 6.45) is 4.23. The van der Waals surface area contributed by atoms with Gasteiger partial charge in [0, 0.05) is 12.5 Å². The second kappa shape index (κ2) is 4.72. The van der Waals surface area contributed by atoms with Crippen molar-refractivity contribution in [2.24, 2.45) is 5.73 Å². The van der Waals surface area contributed by atoms with Gasteiger partial charge in [-0.05, 0) is 12.5 Å². The van der Waals surface area contributed by atoms with E-state index in [0.717, 1.165) is 6.42 Å². The molecule has 0 saturated carbocycles. The van der Waals surface area contributed by atoms with E-state index in [1.807, 2.05) is 6.92 Å². The highest BCUT2D eigenvalue weighted by Gasteiger charge is 2.14. The van der Waals surface area contributed by atoms with Crippen molar-refractivity contribution in [3.8, 4) is 0 Å². The van der Waals surface area contributed by atoms with Crippen LogP contribution in [0.4, 0.5) is 0 Å². The summed E-state index contributed by atoms with van der Waals surface area (Å²) in [5, 5.41) is 9.64. The predicted molar refractivity (Wildman–Crippen MR) is 51.3 cm³/mol. The second-order valence-corrected chi connectivity index (χ2v) is 3.17. The molecule has 0 aliphatic carbocycles. The summed E-state index contributed by atoms with van der Waals surface area (Å²) >= 11 is 0. The minimum atomic E-state index is -0.584. The largest absolute Gasteiger partial charge is 0.365 e. The lowest BCUT2D eigenvalue weighted by atomic mass is 10.2. The second-order valence-electron chi connectivity index (χ2n) is 3.17. The van der Waals surface area contributed by atoms with E-state index in [9.17, 15) is 9.90 Å². The number of primary amides is 1. The summed E-state index contributed by atoms with van der Waals surface area (Å²) in [5.41, 5.74) is 5.53. The van der Waals surface area contributed by atoms with E-state index < -0.39 is 12.1 Å². The zero-order valence-electron chi connectivity index (χ0n) is 8.18. The lowest BCUT2D eigenvalue weighted by Gasteiger charge is -2.04. The average molecular weight is 195 g/mol. The number of hydrogen-bond acceptors (Lipinski definition) is 2. The van der Waals surface area contributed by atoms with Crippen molar-refractivity contribution in [2.75, 3.05) is 0 Å². The molecule has 1 rings (SSSR count). The number of pyridine rings is 1. The number of aliphatic hydroxyl groups excluding tert-OH is 1. The molecule has 76 valence electrons. The minimum Gasteiger partial charge on any atom is -0.365 e. The zero-order valence-corrected chi connectivity index (χ0v) is 8.18. The Balaban J connectivity index is 2.87. The third kappa shape index (κ3) is 2.53. The van der Waals surface area contributed by atoms with Crippen LogP contribution in [0, 0.1) is 0 Å². The molecule has 1 aromatic rings. The van der Waals surface area contributed by atoms with Crippen LogP contribution in [-0.2, 0) is 0 Å². The number of aromatic nitrogens is 1. The SMILES string of the molecule is CCCC(O)[n+]1cccc(C(N)=O)c1. The Labute approximate surface area is 83.0 Å². The molecule has 0 saturated heterocycles. The highest BCUT2D eigenvalue weighted by Crippen LogP contribution is 2.02. The first-order valence-electron chi connectivity index (χ1n) is 4.63. The van der Waals surface area contributed by atoms with Gasteiger partial charge < -0.3 is 10.8 Å². The first-order chi connectivity index (χ1) is 6.65. The van der Waals surface area contributed by atoms with Gasteiger partial charge in [0.1, 0.15) is 5.56 Å². The minimum absolute atomic E-state index is 0.405. The Kier molecular flexibility index (Phi) is 3.59. The number of rotatable bonds is 4. The molecule has 3 N–H and O–H groups in total. The van der Waals surface area contributed by atoms with Crippen molar-refractivity contribution in [3.63, 3.8) is 0 Å². The van der Waals surface area contributed by atoms with E-state index in [0.29, 0.717) is 12.0 Å². The maximum Gasteiger partial charge on any atom is 0.259 e. The summed E-state index contributed by atoms with van der Waals surface area (Å²) in [6, 6.07) is 3.32. The van der Waals surface area contributed by atoms with Crippen molar-refractivity contribution in [3.05, 3.63) is 30.1 Å². The van der Waals surface area contributed by atoms with Gasteiger partial charge in [-0.15, -0.1) is 0 Å². The standard InChI is InChI=1S/C10H14N2O2/c1-2-4-9(13)12-6-3-5-8(7-12)10(11)14/h3,5-7,9,13H,2,4H2,1H3,(H-,11,14)/p+1. The maximum absolute atomic E-state index is 10.9. The Morgan fingerprint density at radius 1 is 1.71 bits per heavy atom. The molecule has 1 unspecified atom stereocenters. The van der Waals surface area contributed by atoms with Crippen LogP contribution in [0.25, 0.3) is 0 Å². The van der Waals surface area contributed by atoms with Gasteiger partial charge in [0.05, 0.1) is 0 Å². The molecule has 0 aliphatic heterocycles. The molecule has 14 heavy (non-hydrogen) atoms. The first-order valence-corrected chi connectivity index (χ1v) is 4.63. The normalized spacial score (nSPS) is 12.4. The van der Waals surface area contributed by atoms with E-state index in [1.54, 1.807) is 29.1 Å². The molecule has 0 aliphatic rings. The lowest BCUT2D eigenvalue weighted by Crippen LogP contribution is -2.39. The van der Waals surface area contributed by atoms with Gasteiger partial charge in [-0.25, -0.2) is 0 Å². The van der Waals surface area contributed by atoms with Crippen molar-refractivity contribution < 1.29 is 14.5 Å². The van der Waals surface area contributed by atoms with Crippen LogP contribution in [0.2, 0.25) is 0 Å². The summed E-state index contributed by atoms with van der Waals surface area (Å²) < 4.78 is 1.59. The highest BCUT2D eigenvalue weighted by atomic mass is 16.3. The number of nitrogens with zero attached hydrogens (tertiary/aromatic N) is 1. The highest BCUT2D eigenvalue weighted by molar-refractivity contribution is 5.92. The van der Waals surface area contributed by atoms with Crippen LogP contribution in [0.5, 0.6) is 0 Å². The van der Waals surface area contributed by atoms with Gasteiger partial charge in [0.2, 0.25) is 0 Å². The monoisotopic (exact) mass is 195 g/mol. The summed E-state index contributed by atoms with van der Waals surface area (Å²) in [7, 11) is 0. The van der Waals surface area contributed by atoms with E-state index in [1.165, 1.54) is 0 Å². The van der Waals surface area contributed by atoms with Gasteiger partial charge >= 0.3 is 0 Å². The number of nitrogens with two attached hydrogens (primary N) is 1. The molecule has 4 heteroatoms. The Morgan fingerprint density at radius 2 is 2.43 bits per heavy atom. The number of carbonyl (C=O) groups is 1. The number of aliphatic hydroxyl groups is 1. The van der Waals surface area contributed by atoms with Crippen molar-refractivity contribution in [1.29, 1.82) is 0 Å². The molecule has 0 spiro atoms. The Bertz CT molecular complexity index is 326. The molecular weight excluding hydrogens is 180 g/mol. The average Bonchev–Trinajstić information content (AvgIpc) is 2.18. The van der Waals surface area contributed by atoms with Crippen molar-refractivity contribution in [2.45, 2.75) is 26.0 Å². The van der Waals surface area contributed by atoms with Crippen LogP contribution in [0.3, 0.4) is 0 Å². The van der Waals surface area contributed by atoms with Crippen LogP contribution in [0.15, 0.2) is 24.5 Å². The fourth-order valence-corrected chi connectivity index (χ4v) is 1.23. The van der Waals surface area contributed by atoms with Gasteiger partial charge in [0.15, 0.2) is 12.4 Å². The number of carbonyl (C=O) groups excluding carboxylic acids is 1. The molecule has 0 bridgehead atoms. The van der Waals surface area contributed by atoms with Crippen LogP contribution in [0.1, 0.15) is 36.4 Å². The molecule has 1 atom stereocenters. The third-order valence-corrected chi connectivity index (χ3v) is 2.00. The fourth-order valence-electron chi connectivity index (χ4n) is 1.23. The smallest absolute Gasteiger partial charge is 0.259 e. The van der Waals surface area contributed by atoms with Crippen molar-refractivity contribution in [1.82, 2.24) is 0 Å². The third-order valence-electron chi connectivity index (χ3n) is 2.00. The van der Waals surface area contributed by atoms with Crippen LogP contribution < -0.4 is 10.3 Å². The Hall–Kier alpha value is -1.42. The quantitative estimate of drug-likeness (QED) is 0.681. The number of amides is 1. The molecule has 1 aromatic heterocycles. The fraction of sp³-hybridized carbons (Fsp3) is 0.400. The Morgan fingerprint density at radius 3 is 3.00 bits per heavy atom. The van der Waals surface area contributed by atoms with Gasteiger partial charge in [-0.2, -0.15) is 4.57 Å². The van der Waals surface area contributed by atoms with Gasteiger partial charge in [-0.1, -0.05) is 6.92 Å². The van der Waals surface area contributed by atoms with E-state index in [-0.39, 0.29) is 0 Å². The van der Waals surface area contributed by atoms with Crippen LogP contribution >= 0.6 is 0 Å². The van der Waals surface area contributed by atoms with Crippen molar-refractivity contribution >= 4 is 5.91 Å². The molecule has 0 aromatic carbocycles. The van der Waals surface area contributed by atoms with Gasteiger partial charge in [-0.3, -0.25) is 4.79 Å². The summed E-state index contributed by atoms with van der Waals surface area (Å²) in [6.45, 7) is 1.99. The molecule has 1 amide bonds. The van der Waals surface area contributed by atoms with Gasteiger partial charge in [0.25, 0.3) is 12.1 Å².